The minimum Gasteiger partial charge on any atom is -0.457 e. The van der Waals surface area contributed by atoms with Gasteiger partial charge >= 0.3 is 24.0 Å². The average Bonchev–Trinajstić information content (AvgIpc) is 3.37. The number of nitrogens with one attached hydrogen (secondary N) is 1. The lowest BCUT2D eigenvalue weighted by Gasteiger charge is -2.63. The van der Waals surface area contributed by atoms with Crippen LogP contribution in [0.1, 0.15) is 98.9 Å². The van der Waals surface area contributed by atoms with Crippen molar-refractivity contribution >= 4 is 24.0 Å². The summed E-state index contributed by atoms with van der Waals surface area (Å²) < 4.78 is 44.1. The Morgan fingerprint density at radius 3 is 2.28 bits per heavy atom. The summed E-state index contributed by atoms with van der Waals surface area (Å²) in [7, 11) is 0. The van der Waals surface area contributed by atoms with Crippen molar-refractivity contribution in [3.05, 3.63) is 59.7 Å². The van der Waals surface area contributed by atoms with Crippen LogP contribution in [0.5, 0.6) is 0 Å². The summed E-state index contributed by atoms with van der Waals surface area (Å²) >= 11 is 0. The fourth-order valence-corrected chi connectivity index (χ4v) is 10.4. The molecule has 2 heterocycles. The molecule has 2 aliphatic heterocycles. The van der Waals surface area contributed by atoms with Gasteiger partial charge in [-0.2, -0.15) is 0 Å². The maximum Gasteiger partial charge on any atom is 0.407 e. The molecule has 13 atom stereocenters. The summed E-state index contributed by atoms with van der Waals surface area (Å²) in [5.74, 6) is -3.13. The largest absolute Gasteiger partial charge is 0.457 e. The molecule has 2 unspecified atom stereocenters. The van der Waals surface area contributed by atoms with Crippen LogP contribution in [0.15, 0.2) is 54.1 Å². The Morgan fingerprint density at radius 1 is 1.05 bits per heavy atom. The highest BCUT2D eigenvalue weighted by molar-refractivity contribution is 5.89. The molecule has 4 fully saturated rings. The van der Waals surface area contributed by atoms with Gasteiger partial charge in [0.25, 0.3) is 0 Å². The molecule has 0 bridgehead atoms. The van der Waals surface area contributed by atoms with Gasteiger partial charge in [-0.1, -0.05) is 45.5 Å². The van der Waals surface area contributed by atoms with Crippen molar-refractivity contribution in [2.75, 3.05) is 6.61 Å². The van der Waals surface area contributed by atoms with Gasteiger partial charge in [0.05, 0.1) is 41.4 Å². The van der Waals surface area contributed by atoms with Gasteiger partial charge in [0.1, 0.15) is 23.9 Å². The van der Waals surface area contributed by atoms with E-state index >= 15 is 0 Å². The van der Waals surface area contributed by atoms with E-state index in [0.717, 1.165) is 0 Å². The molecule has 2 saturated carbocycles. The molecule has 5 aliphatic rings. The molecular formula is C44H61NO13. The Balaban J connectivity index is 1.51. The Kier molecular flexibility index (Phi) is 12.1. The van der Waals surface area contributed by atoms with Gasteiger partial charge < -0.3 is 48.7 Å². The molecule has 58 heavy (non-hydrogen) atoms. The van der Waals surface area contributed by atoms with Crippen molar-refractivity contribution in [1.29, 1.82) is 0 Å². The number of carbonyl (C=O) groups excluding carboxylic acids is 4. The van der Waals surface area contributed by atoms with Gasteiger partial charge in [-0.05, 0) is 83.2 Å². The van der Waals surface area contributed by atoms with Gasteiger partial charge in [0.2, 0.25) is 0 Å². The smallest absolute Gasteiger partial charge is 0.407 e. The number of aliphatic hydroxyl groups excluding tert-OH is 1. The van der Waals surface area contributed by atoms with E-state index in [2.05, 4.69) is 11.9 Å². The normalized spacial score (nSPS) is 35.2. The standard InChI is InChI=1S/C44H61NO13/c1-12-31-55-30-19-28-26(21-52-28)33-36(57-38(48)25-16-14-13-15-17-25)44(42(9,10)51)20-29(23(4)32(44)35(53-24(5)46)37(56-31)43(30,33)11)54-39(49)34(47)27(18-22(2)3)45-40(50)58-41(6,7)8/h12-17,22,26-31,33-37,47,51H,1,18-21H2,2-11H3,(H,45,50)/t26-,27+,28-,29+,30+,31?,33+,34+,35+,36+,37+,43-,44?/m1/s1. The highest BCUT2D eigenvalue weighted by Gasteiger charge is 2.76. The van der Waals surface area contributed by atoms with E-state index in [1.165, 1.54) is 13.0 Å². The molecule has 1 amide bonds. The second-order valence-electron chi connectivity index (χ2n) is 18.8. The van der Waals surface area contributed by atoms with Gasteiger partial charge in [0.15, 0.2) is 18.5 Å². The van der Waals surface area contributed by atoms with Crippen LogP contribution in [0.4, 0.5) is 4.79 Å². The van der Waals surface area contributed by atoms with Crippen molar-refractivity contribution < 1.29 is 62.5 Å². The number of fused-ring (bicyclic) bond motifs is 3. The van der Waals surface area contributed by atoms with Crippen LogP contribution < -0.4 is 5.32 Å². The van der Waals surface area contributed by atoms with Crippen LogP contribution in [0.3, 0.4) is 0 Å². The van der Waals surface area contributed by atoms with Gasteiger partial charge in [-0.15, -0.1) is 0 Å². The van der Waals surface area contributed by atoms with Crippen molar-refractivity contribution in [2.24, 2.45) is 28.6 Å². The first-order chi connectivity index (χ1) is 27.0. The molecule has 14 heteroatoms. The SMILES string of the molecule is C=CC1O[C@H]2C[C@H]3OC[C@H]3[C@H]3[C@H](OC(=O)c4ccccc4)C4(C(C)(C)O)C[C@H](OC(=O)[C@@H](O)[C@H](CC(C)C)NC(=O)OC(C)(C)C)C(C)=C4[C@H](OC(C)=O)[C@H](O1)[C@@]32C. The summed E-state index contributed by atoms with van der Waals surface area (Å²) in [4.78, 5) is 54.6. The first-order valence-corrected chi connectivity index (χ1v) is 20.3. The van der Waals surface area contributed by atoms with Gasteiger partial charge in [0, 0.05) is 37.0 Å². The number of aliphatic hydroxyl groups is 2. The van der Waals surface area contributed by atoms with Crippen molar-refractivity contribution in [2.45, 2.75) is 155 Å². The highest BCUT2D eigenvalue weighted by atomic mass is 16.7. The van der Waals surface area contributed by atoms with Crippen molar-refractivity contribution in [1.82, 2.24) is 5.32 Å². The summed E-state index contributed by atoms with van der Waals surface area (Å²) in [5.41, 5.74) is -4.03. The fourth-order valence-electron chi connectivity index (χ4n) is 10.4. The lowest BCUT2D eigenvalue weighted by Crippen LogP contribution is -2.71. The van der Waals surface area contributed by atoms with Crippen LogP contribution in [0, 0.1) is 28.6 Å². The van der Waals surface area contributed by atoms with E-state index in [-0.39, 0.29) is 36.3 Å². The predicted molar refractivity (Wildman–Crippen MR) is 209 cm³/mol. The van der Waals surface area contributed by atoms with Crippen LogP contribution in [0.2, 0.25) is 0 Å². The summed E-state index contributed by atoms with van der Waals surface area (Å²) in [6, 6.07) is 7.46. The van der Waals surface area contributed by atoms with Crippen molar-refractivity contribution in [3.63, 3.8) is 0 Å². The van der Waals surface area contributed by atoms with E-state index in [1.54, 1.807) is 71.9 Å². The molecule has 1 aromatic rings. The molecule has 320 valence electrons. The summed E-state index contributed by atoms with van der Waals surface area (Å²) in [6.45, 7) is 21.4. The van der Waals surface area contributed by atoms with Crippen LogP contribution in [-0.2, 0) is 42.7 Å². The number of alkyl carbamates (subject to hydrolysis) is 1. The number of rotatable bonds is 11. The third kappa shape index (κ3) is 7.82. The van der Waals surface area contributed by atoms with Gasteiger partial charge in [-0.25, -0.2) is 14.4 Å². The van der Waals surface area contributed by atoms with Gasteiger partial charge in [-0.3, -0.25) is 4.79 Å². The van der Waals surface area contributed by atoms with Crippen LogP contribution in [0.25, 0.3) is 0 Å². The van der Waals surface area contributed by atoms with Crippen molar-refractivity contribution in [3.8, 4) is 0 Å². The lowest BCUT2D eigenvalue weighted by molar-refractivity contribution is -0.354. The Hall–Kier alpha value is -3.82. The van der Waals surface area contributed by atoms with E-state index in [4.69, 9.17) is 33.2 Å². The Labute approximate surface area is 340 Å². The van der Waals surface area contributed by atoms with Crippen LogP contribution in [-0.4, -0.2) is 107 Å². The fraction of sp³-hybridized carbons (Fsp3) is 0.682. The second kappa shape index (κ2) is 16.0. The summed E-state index contributed by atoms with van der Waals surface area (Å²) in [5, 5.41) is 26.9. The topological polar surface area (TPSA) is 185 Å². The molecule has 0 radical (unpaired) electrons. The number of ether oxygens (including phenoxy) is 7. The minimum absolute atomic E-state index is 0.0425. The number of carbonyl (C=O) groups is 4. The maximum atomic E-state index is 14.4. The minimum atomic E-state index is -1.81. The van der Waals surface area contributed by atoms with E-state index in [9.17, 15) is 29.4 Å². The number of esters is 3. The number of hydrogen-bond donors (Lipinski definition) is 3. The number of amides is 1. The van der Waals surface area contributed by atoms with E-state index < -0.39 is 101 Å². The third-order valence-electron chi connectivity index (χ3n) is 12.9. The monoisotopic (exact) mass is 811 g/mol. The predicted octanol–water partition coefficient (Wildman–Crippen LogP) is 5.18. The molecule has 2 saturated heterocycles. The lowest BCUT2D eigenvalue weighted by atomic mass is 9.51. The van der Waals surface area contributed by atoms with Crippen LogP contribution >= 0.6 is 0 Å². The van der Waals surface area contributed by atoms with E-state index in [0.29, 0.717) is 24.2 Å². The molecule has 0 spiro atoms. The molecule has 6 rings (SSSR count). The molecule has 1 aromatic carbocycles. The quantitative estimate of drug-likeness (QED) is 0.151. The highest BCUT2D eigenvalue weighted by Crippen LogP contribution is 2.68. The third-order valence-corrected chi connectivity index (χ3v) is 12.9. The molecule has 14 nitrogen and oxygen atoms in total. The molecule has 3 aliphatic carbocycles. The molecular weight excluding hydrogens is 750 g/mol. The molecule has 0 aromatic heterocycles. The zero-order chi connectivity index (χ0) is 42.7. The van der Waals surface area contributed by atoms with E-state index in [1.807, 2.05) is 20.8 Å². The number of benzene rings is 1. The maximum absolute atomic E-state index is 14.4. The Morgan fingerprint density at radius 2 is 1.72 bits per heavy atom. The average molecular weight is 812 g/mol. The zero-order valence-corrected chi connectivity index (χ0v) is 35.3. The zero-order valence-electron chi connectivity index (χ0n) is 35.3. The molecule has 3 N–H and O–H groups in total. The second-order valence-corrected chi connectivity index (χ2v) is 18.8. The Bertz CT molecular complexity index is 1780. The summed E-state index contributed by atoms with van der Waals surface area (Å²) in [6.07, 6.45) is -6.56. The first kappa shape index (κ1) is 43.8. The number of hydrogen-bond acceptors (Lipinski definition) is 13. The first-order valence-electron chi connectivity index (χ1n) is 20.3.